The molecule has 15 heteroatoms. The molecule has 8 rings (SSSR count). The normalized spacial score (nSPS) is 20.3. The summed E-state index contributed by atoms with van der Waals surface area (Å²) in [5, 5.41) is 11.1. The average molecular weight is 805 g/mol. The van der Waals surface area contributed by atoms with Crippen LogP contribution in [0.1, 0.15) is 76.8 Å². The number of hydrogen-bond donors (Lipinski definition) is 4. The monoisotopic (exact) mass is 804 g/mol. The molecule has 0 bridgehead atoms. The molecular formula is C44H52N8O7. The maximum absolute atomic E-state index is 13.7. The first-order valence-electron chi connectivity index (χ1n) is 20.5. The lowest BCUT2D eigenvalue weighted by Gasteiger charge is -2.31. The number of fused-ring (bicyclic) bond motifs is 4. The van der Waals surface area contributed by atoms with E-state index in [1.54, 1.807) is 0 Å². The van der Waals surface area contributed by atoms with E-state index in [9.17, 15) is 19.2 Å². The van der Waals surface area contributed by atoms with Gasteiger partial charge in [0.05, 0.1) is 49.9 Å². The number of aromatic amines is 1. The van der Waals surface area contributed by atoms with Crippen LogP contribution >= 0.6 is 0 Å². The number of amides is 4. The van der Waals surface area contributed by atoms with Crippen LogP contribution in [0.3, 0.4) is 0 Å². The molecule has 3 aliphatic rings. The van der Waals surface area contributed by atoms with Crippen molar-refractivity contribution in [3.63, 3.8) is 0 Å². The van der Waals surface area contributed by atoms with Crippen molar-refractivity contribution in [1.82, 2.24) is 35.7 Å². The van der Waals surface area contributed by atoms with Gasteiger partial charge in [-0.05, 0) is 84.5 Å². The van der Waals surface area contributed by atoms with Crippen molar-refractivity contribution in [2.24, 2.45) is 16.8 Å². The van der Waals surface area contributed by atoms with Crippen molar-refractivity contribution in [3.8, 4) is 11.1 Å². The van der Waals surface area contributed by atoms with Crippen LogP contribution in [-0.2, 0) is 19.1 Å². The predicted molar refractivity (Wildman–Crippen MR) is 224 cm³/mol. The summed E-state index contributed by atoms with van der Waals surface area (Å²) in [7, 11) is 2.59. The average Bonchev–Trinajstić information content (AvgIpc) is 4.08. The van der Waals surface area contributed by atoms with E-state index >= 15 is 0 Å². The molecule has 2 aromatic heterocycles. The largest absolute Gasteiger partial charge is 0.456 e. The Hall–Kier alpha value is -6.12. The van der Waals surface area contributed by atoms with E-state index in [2.05, 4.69) is 63.4 Å². The van der Waals surface area contributed by atoms with E-state index in [1.165, 1.54) is 14.2 Å². The molecule has 5 aromatic rings. The van der Waals surface area contributed by atoms with Crippen LogP contribution in [0.2, 0.25) is 0 Å². The number of ether oxygens (including phenoxy) is 2. The fourth-order valence-electron chi connectivity index (χ4n) is 8.79. The van der Waals surface area contributed by atoms with Gasteiger partial charge in [-0.15, -0.1) is 0 Å². The number of carbonyl (C=O) groups excluding carboxylic acids is 4. The van der Waals surface area contributed by atoms with E-state index in [1.807, 2.05) is 49.6 Å². The number of imidazole rings is 1. The van der Waals surface area contributed by atoms with Crippen LogP contribution in [0.5, 0.6) is 0 Å². The summed E-state index contributed by atoms with van der Waals surface area (Å²) in [5.74, 6) is 1.02. The first-order valence-corrected chi connectivity index (χ1v) is 20.5. The lowest BCUT2D eigenvalue weighted by molar-refractivity contribution is -0.135. The van der Waals surface area contributed by atoms with Crippen LogP contribution in [0, 0.1) is 11.8 Å². The maximum Gasteiger partial charge on any atom is 0.407 e. The second-order valence-electron chi connectivity index (χ2n) is 16.4. The van der Waals surface area contributed by atoms with Gasteiger partial charge in [0.15, 0.2) is 0 Å². The second-order valence-corrected chi connectivity index (χ2v) is 16.4. The first-order chi connectivity index (χ1) is 28.4. The highest BCUT2D eigenvalue weighted by molar-refractivity contribution is 6.06. The van der Waals surface area contributed by atoms with E-state index in [4.69, 9.17) is 23.9 Å². The Balaban J connectivity index is 0.976. The number of nitrogens with zero attached hydrogens (tertiary/aromatic N) is 4. The molecule has 3 aromatic carbocycles. The number of carbonyl (C=O) groups is 4. The fraction of sp³-hybridized carbons (Fsp3) is 0.455. The Morgan fingerprint density at radius 2 is 1.34 bits per heavy atom. The molecule has 15 nitrogen and oxygen atoms in total. The molecule has 4 N–H and O–H groups in total. The number of likely N-dealkylation sites (tertiary alicyclic amines) is 2. The van der Waals surface area contributed by atoms with Crippen LogP contribution in [0.25, 0.3) is 44.1 Å². The lowest BCUT2D eigenvalue weighted by Crippen LogP contribution is -2.54. The van der Waals surface area contributed by atoms with Gasteiger partial charge in [0, 0.05) is 23.9 Å². The summed E-state index contributed by atoms with van der Waals surface area (Å²) >= 11 is 0. The predicted octanol–water partition coefficient (Wildman–Crippen LogP) is 6.59. The number of aromatic nitrogens is 2. The standard InChI is InChI=1S/C44H52N8O7/c1-23(2)37(49-43(55)57-5)41(53)51-17-7-9-33(51)39-45-22-32(48-39)27-12-15-29-28-14-11-26(20-35(28)59-36(29)21-27)25-13-16-30-31(19-25)47-40(46-30)34-10-8-18-52(34)42(54)38(24(3)4)50-44(56)58-6/h11-16,19-21,23-24,32-34,37-38H,7-10,17-18,22H2,1-6H3,(H,45,48)(H,46,47)(H,49,55)(H,50,56)/t32?,33-,34-,37-,38-/m0/s1. The van der Waals surface area contributed by atoms with E-state index in [0.29, 0.717) is 19.6 Å². The third-order valence-corrected chi connectivity index (χ3v) is 12.0. The molecule has 2 fully saturated rings. The van der Waals surface area contributed by atoms with Crippen LogP contribution in [-0.4, -0.2) is 102 Å². The summed E-state index contributed by atoms with van der Waals surface area (Å²) in [6.45, 7) is 9.35. The minimum atomic E-state index is -0.700. The molecule has 0 spiro atoms. The van der Waals surface area contributed by atoms with Crippen LogP contribution < -0.4 is 16.0 Å². The summed E-state index contributed by atoms with van der Waals surface area (Å²) in [5.41, 5.74) is 6.27. The van der Waals surface area contributed by atoms with E-state index in [0.717, 1.165) is 87.0 Å². The van der Waals surface area contributed by atoms with Crippen molar-refractivity contribution in [1.29, 1.82) is 0 Å². The molecule has 1 unspecified atom stereocenters. The number of amidine groups is 1. The van der Waals surface area contributed by atoms with Gasteiger partial charge >= 0.3 is 12.2 Å². The Labute approximate surface area is 342 Å². The maximum atomic E-state index is 13.7. The van der Waals surface area contributed by atoms with E-state index in [-0.39, 0.29) is 41.8 Å². The highest BCUT2D eigenvalue weighted by Gasteiger charge is 2.40. The molecule has 3 aliphatic heterocycles. The number of alkyl carbamates (subject to hydrolysis) is 2. The van der Waals surface area contributed by atoms with Crippen molar-refractivity contribution < 1.29 is 33.1 Å². The van der Waals surface area contributed by atoms with Crippen molar-refractivity contribution in [2.45, 2.75) is 83.6 Å². The molecule has 310 valence electrons. The molecule has 5 atom stereocenters. The molecule has 5 heterocycles. The molecule has 2 saturated heterocycles. The zero-order valence-corrected chi connectivity index (χ0v) is 34.3. The van der Waals surface area contributed by atoms with Gasteiger partial charge in [0.2, 0.25) is 11.8 Å². The van der Waals surface area contributed by atoms with Crippen LogP contribution in [0.4, 0.5) is 9.59 Å². The number of nitrogens with one attached hydrogen (secondary N) is 4. The van der Waals surface area contributed by atoms with Gasteiger partial charge in [-0.1, -0.05) is 52.0 Å². The molecule has 59 heavy (non-hydrogen) atoms. The third-order valence-electron chi connectivity index (χ3n) is 12.0. The lowest BCUT2D eigenvalue weighted by atomic mass is 10.0. The van der Waals surface area contributed by atoms with E-state index < -0.39 is 24.3 Å². The zero-order chi connectivity index (χ0) is 41.5. The van der Waals surface area contributed by atoms with Gasteiger partial charge in [0.25, 0.3) is 0 Å². The minimum Gasteiger partial charge on any atom is -0.456 e. The number of benzene rings is 3. The number of rotatable bonds is 10. The fourth-order valence-corrected chi connectivity index (χ4v) is 8.79. The van der Waals surface area contributed by atoms with Crippen molar-refractivity contribution in [2.75, 3.05) is 33.9 Å². The summed E-state index contributed by atoms with van der Waals surface area (Å²) < 4.78 is 16.0. The molecule has 0 radical (unpaired) electrons. The Kier molecular flexibility index (Phi) is 10.9. The quantitative estimate of drug-likeness (QED) is 0.121. The Morgan fingerprint density at radius 3 is 1.98 bits per heavy atom. The van der Waals surface area contributed by atoms with Crippen LogP contribution in [0.15, 0.2) is 64.0 Å². The molecular weight excluding hydrogens is 753 g/mol. The highest BCUT2D eigenvalue weighted by atomic mass is 16.5. The smallest absolute Gasteiger partial charge is 0.407 e. The van der Waals surface area contributed by atoms with Gasteiger partial charge in [-0.2, -0.15) is 0 Å². The second kappa shape index (κ2) is 16.3. The highest BCUT2D eigenvalue weighted by Crippen LogP contribution is 2.37. The van der Waals surface area contributed by atoms with Gasteiger partial charge in [-0.25, -0.2) is 14.6 Å². The van der Waals surface area contributed by atoms with Crippen molar-refractivity contribution in [3.05, 3.63) is 66.0 Å². The SMILES string of the molecule is COC(=O)N[C@H](C(=O)N1CCC[C@H]1C1=NCC(c2ccc3c(c2)oc2cc(-c4ccc5nc([C@@H]6CCCN6C(=O)[C@@H](NC(=O)OC)C(C)C)[nH]c5c4)ccc23)N1)C(C)C. The first kappa shape index (κ1) is 39.7. The van der Waals surface area contributed by atoms with Gasteiger partial charge < -0.3 is 44.6 Å². The number of furan rings is 1. The van der Waals surface area contributed by atoms with Gasteiger partial charge in [0.1, 0.15) is 34.9 Å². The van der Waals surface area contributed by atoms with Gasteiger partial charge in [-0.3, -0.25) is 14.6 Å². The summed E-state index contributed by atoms with van der Waals surface area (Å²) in [6.07, 6.45) is 2.01. The Bertz CT molecular complexity index is 2450. The minimum absolute atomic E-state index is 0.0709. The number of methoxy groups -OCH3 is 2. The number of hydrogen-bond acceptors (Lipinski definition) is 10. The topological polar surface area (TPSA) is 183 Å². The summed E-state index contributed by atoms with van der Waals surface area (Å²) in [6, 6.07) is 16.8. The molecule has 0 saturated carbocycles. The molecule has 4 amide bonds. The number of H-pyrrole nitrogens is 1. The zero-order valence-electron chi connectivity index (χ0n) is 34.3. The number of aliphatic imine (C=N–C) groups is 1. The summed E-state index contributed by atoms with van der Waals surface area (Å²) in [4.78, 5) is 68.2. The Morgan fingerprint density at radius 1 is 0.763 bits per heavy atom. The van der Waals surface area contributed by atoms with Crippen molar-refractivity contribution >= 4 is 62.8 Å². The third kappa shape index (κ3) is 7.65. The molecule has 0 aliphatic carbocycles.